The highest BCUT2D eigenvalue weighted by atomic mass is 32.2. The van der Waals surface area contributed by atoms with Gasteiger partial charge in [-0.15, -0.1) is 0 Å². The highest BCUT2D eigenvalue weighted by Crippen LogP contribution is 2.23. The van der Waals surface area contributed by atoms with E-state index < -0.39 is 10.0 Å². The molecule has 0 aromatic heterocycles. The lowest BCUT2D eigenvalue weighted by Gasteiger charge is -2.20. The minimum absolute atomic E-state index is 0.0838. The number of benzene rings is 1. The largest absolute Gasteiger partial charge is 0.497 e. The maximum atomic E-state index is 12.2. The first-order valence-corrected chi connectivity index (χ1v) is 8.39. The highest BCUT2D eigenvalue weighted by Gasteiger charge is 2.17. The van der Waals surface area contributed by atoms with Gasteiger partial charge in [-0.25, -0.2) is 13.1 Å². The van der Waals surface area contributed by atoms with Crippen molar-refractivity contribution in [2.45, 2.75) is 31.2 Å². The van der Waals surface area contributed by atoms with Crippen molar-refractivity contribution in [1.29, 1.82) is 0 Å². The molecule has 0 radical (unpaired) electrons. The SMILES string of the molecule is COc1ccc(S(=O)(=O)NCCCN(C)C(C)C)c(N)c1. The predicted octanol–water partition coefficient (Wildman–Crippen LogP) is 1.29. The summed E-state index contributed by atoms with van der Waals surface area (Å²) in [4.78, 5) is 2.25. The van der Waals surface area contributed by atoms with E-state index in [1.807, 2.05) is 7.05 Å². The summed E-state index contributed by atoms with van der Waals surface area (Å²) in [6, 6.07) is 4.98. The molecule has 0 fully saturated rings. The summed E-state index contributed by atoms with van der Waals surface area (Å²) in [5.41, 5.74) is 5.95. The second kappa shape index (κ2) is 7.63. The smallest absolute Gasteiger partial charge is 0.242 e. The fraction of sp³-hybridized carbons (Fsp3) is 0.571. The molecule has 0 saturated carbocycles. The Kier molecular flexibility index (Phi) is 6.44. The van der Waals surface area contributed by atoms with Crippen molar-refractivity contribution in [1.82, 2.24) is 9.62 Å². The Labute approximate surface area is 127 Å². The lowest BCUT2D eigenvalue weighted by molar-refractivity contribution is 0.271. The van der Waals surface area contributed by atoms with Gasteiger partial charge in [0.25, 0.3) is 0 Å². The molecule has 0 atom stereocenters. The van der Waals surface area contributed by atoms with E-state index in [-0.39, 0.29) is 10.6 Å². The maximum Gasteiger partial charge on any atom is 0.242 e. The molecule has 0 bridgehead atoms. The highest BCUT2D eigenvalue weighted by molar-refractivity contribution is 7.89. The monoisotopic (exact) mass is 315 g/mol. The molecule has 21 heavy (non-hydrogen) atoms. The van der Waals surface area contributed by atoms with Crippen LogP contribution in [0.25, 0.3) is 0 Å². The minimum Gasteiger partial charge on any atom is -0.497 e. The van der Waals surface area contributed by atoms with Crippen LogP contribution in [0.3, 0.4) is 0 Å². The molecular formula is C14H25N3O3S. The number of hydrogen-bond acceptors (Lipinski definition) is 5. The summed E-state index contributed by atoms with van der Waals surface area (Å²) in [6.07, 6.45) is 0.740. The van der Waals surface area contributed by atoms with Crippen LogP contribution >= 0.6 is 0 Å². The summed E-state index contributed by atoms with van der Waals surface area (Å²) in [7, 11) is -0.0623. The van der Waals surface area contributed by atoms with Crippen LogP contribution < -0.4 is 15.2 Å². The molecule has 0 aliphatic carbocycles. The molecule has 6 nitrogen and oxygen atoms in total. The van der Waals surface area contributed by atoms with Gasteiger partial charge in [0.15, 0.2) is 0 Å². The quantitative estimate of drug-likeness (QED) is 0.558. The number of methoxy groups -OCH3 is 1. The van der Waals surface area contributed by atoms with Gasteiger partial charge in [-0.3, -0.25) is 0 Å². The Hall–Kier alpha value is -1.31. The topological polar surface area (TPSA) is 84.7 Å². The van der Waals surface area contributed by atoms with Crippen molar-refractivity contribution < 1.29 is 13.2 Å². The zero-order valence-electron chi connectivity index (χ0n) is 13.1. The number of nitrogens with one attached hydrogen (secondary N) is 1. The molecule has 0 unspecified atom stereocenters. The first kappa shape index (κ1) is 17.7. The Balaban J connectivity index is 2.62. The summed E-state index contributed by atoms with van der Waals surface area (Å²) >= 11 is 0. The van der Waals surface area contributed by atoms with E-state index in [1.54, 1.807) is 6.07 Å². The molecule has 7 heteroatoms. The second-order valence-corrected chi connectivity index (χ2v) is 6.96. The molecule has 0 aliphatic rings. The minimum atomic E-state index is -3.58. The standard InChI is InChI=1S/C14H25N3O3S/c1-11(2)17(3)9-5-8-16-21(18,19)14-7-6-12(20-4)10-13(14)15/h6-7,10-11,16H,5,8-9,15H2,1-4H3. The van der Waals surface area contributed by atoms with Crippen LogP contribution in [0.2, 0.25) is 0 Å². The molecule has 1 aromatic carbocycles. The van der Waals surface area contributed by atoms with Crippen molar-refractivity contribution in [3.63, 3.8) is 0 Å². The Morgan fingerprint density at radius 2 is 2.05 bits per heavy atom. The van der Waals surface area contributed by atoms with E-state index in [2.05, 4.69) is 23.5 Å². The van der Waals surface area contributed by atoms with Crippen LogP contribution in [0.4, 0.5) is 5.69 Å². The molecule has 1 aromatic rings. The van der Waals surface area contributed by atoms with Crippen molar-refractivity contribution >= 4 is 15.7 Å². The molecule has 120 valence electrons. The van der Waals surface area contributed by atoms with E-state index in [9.17, 15) is 8.42 Å². The normalized spacial score (nSPS) is 12.1. The number of ether oxygens (including phenoxy) is 1. The third kappa shape index (κ3) is 5.18. The summed E-state index contributed by atoms with van der Waals surface area (Å²) in [5, 5.41) is 0. The predicted molar refractivity (Wildman–Crippen MR) is 85.0 cm³/mol. The Bertz CT molecular complexity index is 559. The Morgan fingerprint density at radius 1 is 1.38 bits per heavy atom. The zero-order chi connectivity index (χ0) is 16.0. The molecule has 3 N–H and O–H groups in total. The summed E-state index contributed by atoms with van der Waals surface area (Å²) in [6.45, 7) is 5.41. The number of anilines is 1. The van der Waals surface area contributed by atoms with Crippen molar-refractivity contribution in [3.8, 4) is 5.75 Å². The van der Waals surface area contributed by atoms with Gasteiger partial charge in [0.1, 0.15) is 10.6 Å². The van der Waals surface area contributed by atoms with Crippen LogP contribution in [0.5, 0.6) is 5.75 Å². The average molecular weight is 315 g/mol. The van der Waals surface area contributed by atoms with E-state index in [1.165, 1.54) is 19.2 Å². The van der Waals surface area contributed by atoms with Crippen molar-refractivity contribution in [3.05, 3.63) is 18.2 Å². The number of hydrogen-bond donors (Lipinski definition) is 2. The number of nitrogen functional groups attached to an aromatic ring is 1. The molecule has 0 saturated heterocycles. The van der Waals surface area contributed by atoms with E-state index in [0.29, 0.717) is 18.3 Å². The molecule has 1 rings (SSSR count). The van der Waals surface area contributed by atoms with Crippen LogP contribution in [0, 0.1) is 0 Å². The van der Waals surface area contributed by atoms with Gasteiger partial charge in [0, 0.05) is 18.7 Å². The second-order valence-electron chi connectivity index (χ2n) is 5.23. The zero-order valence-corrected chi connectivity index (χ0v) is 13.9. The number of rotatable bonds is 8. The van der Waals surface area contributed by atoms with Crippen LogP contribution in [0.15, 0.2) is 23.1 Å². The van der Waals surface area contributed by atoms with Gasteiger partial charge in [0.05, 0.1) is 12.8 Å². The lowest BCUT2D eigenvalue weighted by atomic mass is 10.3. The lowest BCUT2D eigenvalue weighted by Crippen LogP contribution is -2.31. The fourth-order valence-corrected chi connectivity index (χ4v) is 2.95. The molecule has 0 heterocycles. The van der Waals surface area contributed by atoms with E-state index in [4.69, 9.17) is 10.5 Å². The van der Waals surface area contributed by atoms with Gasteiger partial charge >= 0.3 is 0 Å². The van der Waals surface area contributed by atoms with Crippen LogP contribution in [-0.2, 0) is 10.0 Å². The number of sulfonamides is 1. The summed E-state index contributed by atoms with van der Waals surface area (Å²) in [5.74, 6) is 0.532. The fourth-order valence-electron chi connectivity index (χ4n) is 1.77. The van der Waals surface area contributed by atoms with Crippen molar-refractivity contribution in [2.75, 3.05) is 33.0 Å². The third-order valence-corrected chi connectivity index (χ3v) is 4.90. The molecule has 0 aliphatic heterocycles. The summed E-state index contributed by atoms with van der Waals surface area (Å²) < 4.78 is 32.0. The maximum absolute atomic E-state index is 12.2. The number of nitrogens with two attached hydrogens (primary N) is 1. The Morgan fingerprint density at radius 3 is 2.57 bits per heavy atom. The molecular weight excluding hydrogens is 290 g/mol. The number of nitrogens with zero attached hydrogens (tertiary/aromatic N) is 1. The average Bonchev–Trinajstić information content (AvgIpc) is 2.42. The van der Waals surface area contributed by atoms with E-state index in [0.717, 1.165) is 13.0 Å². The van der Waals surface area contributed by atoms with Gasteiger partial charge in [-0.2, -0.15) is 0 Å². The van der Waals surface area contributed by atoms with Gasteiger partial charge in [0.2, 0.25) is 10.0 Å². The van der Waals surface area contributed by atoms with Gasteiger partial charge in [-0.05, 0) is 46.0 Å². The van der Waals surface area contributed by atoms with Crippen molar-refractivity contribution in [2.24, 2.45) is 0 Å². The van der Waals surface area contributed by atoms with Gasteiger partial charge < -0.3 is 15.4 Å². The molecule has 0 spiro atoms. The van der Waals surface area contributed by atoms with Gasteiger partial charge in [-0.1, -0.05) is 0 Å². The molecule has 0 amide bonds. The van der Waals surface area contributed by atoms with Crippen LogP contribution in [-0.4, -0.2) is 46.6 Å². The van der Waals surface area contributed by atoms with E-state index >= 15 is 0 Å². The first-order chi connectivity index (χ1) is 9.77. The third-order valence-electron chi connectivity index (χ3n) is 3.37. The first-order valence-electron chi connectivity index (χ1n) is 6.91. The van der Waals surface area contributed by atoms with Crippen LogP contribution in [0.1, 0.15) is 20.3 Å².